The molecular formula is C9H9ClFO. The van der Waals surface area contributed by atoms with Crippen molar-refractivity contribution < 1.29 is 9.13 Å². The van der Waals surface area contributed by atoms with Gasteiger partial charge >= 0.3 is 0 Å². The van der Waals surface area contributed by atoms with E-state index in [1.165, 1.54) is 6.07 Å². The fraction of sp³-hybridized carbons (Fsp3) is 0.222. The van der Waals surface area contributed by atoms with Crippen molar-refractivity contribution in [3.63, 3.8) is 0 Å². The molecule has 0 amide bonds. The van der Waals surface area contributed by atoms with E-state index in [4.69, 9.17) is 16.3 Å². The van der Waals surface area contributed by atoms with E-state index in [-0.39, 0.29) is 5.02 Å². The maximum atomic E-state index is 12.6. The van der Waals surface area contributed by atoms with Gasteiger partial charge in [-0.1, -0.05) is 17.7 Å². The minimum atomic E-state index is -0.397. The van der Waals surface area contributed by atoms with Crippen LogP contribution >= 0.6 is 11.6 Å². The molecule has 0 aliphatic heterocycles. The molecule has 0 saturated carbocycles. The monoisotopic (exact) mass is 187 g/mol. The second kappa shape index (κ2) is 4.43. The molecular weight excluding hydrogens is 179 g/mol. The Hall–Kier alpha value is -0.600. The van der Waals surface area contributed by atoms with Crippen LogP contribution in [0.25, 0.3) is 0 Å². The normalized spacial score (nSPS) is 10.2. The number of benzene rings is 1. The SMILES string of the molecule is COC[CH]c1ccc(F)c(Cl)c1. The van der Waals surface area contributed by atoms with Gasteiger partial charge in [0.05, 0.1) is 11.6 Å². The van der Waals surface area contributed by atoms with Crippen LogP contribution in [0.5, 0.6) is 0 Å². The van der Waals surface area contributed by atoms with Gasteiger partial charge in [-0.25, -0.2) is 4.39 Å². The highest BCUT2D eigenvalue weighted by atomic mass is 35.5. The average molecular weight is 188 g/mol. The van der Waals surface area contributed by atoms with E-state index in [0.29, 0.717) is 6.61 Å². The lowest BCUT2D eigenvalue weighted by atomic mass is 10.2. The zero-order chi connectivity index (χ0) is 8.97. The van der Waals surface area contributed by atoms with Gasteiger partial charge < -0.3 is 4.74 Å². The Labute approximate surface area is 76.1 Å². The van der Waals surface area contributed by atoms with Crippen molar-refractivity contribution in [1.29, 1.82) is 0 Å². The fourth-order valence-corrected chi connectivity index (χ4v) is 1.01. The van der Waals surface area contributed by atoms with Crippen LogP contribution in [0.4, 0.5) is 4.39 Å². The second-order valence-electron chi connectivity index (χ2n) is 2.33. The second-order valence-corrected chi connectivity index (χ2v) is 2.74. The Balaban J connectivity index is 2.69. The van der Waals surface area contributed by atoms with Gasteiger partial charge in [0.25, 0.3) is 0 Å². The highest BCUT2D eigenvalue weighted by Gasteiger charge is 2.00. The van der Waals surface area contributed by atoms with Gasteiger partial charge in [0, 0.05) is 13.5 Å². The molecule has 0 aliphatic rings. The molecule has 1 radical (unpaired) electrons. The van der Waals surface area contributed by atoms with Crippen LogP contribution in [0.2, 0.25) is 5.02 Å². The number of ether oxygens (including phenoxy) is 1. The standard InChI is InChI=1S/C9H9ClFO/c1-12-5-4-7-2-3-9(11)8(10)6-7/h2-4,6H,5H2,1H3. The average Bonchev–Trinajstić information content (AvgIpc) is 2.07. The molecule has 0 atom stereocenters. The molecule has 0 saturated heterocycles. The van der Waals surface area contributed by atoms with E-state index >= 15 is 0 Å². The van der Waals surface area contributed by atoms with Crippen molar-refractivity contribution in [2.45, 2.75) is 0 Å². The predicted molar refractivity (Wildman–Crippen MR) is 46.7 cm³/mol. The molecule has 0 aliphatic carbocycles. The Kier molecular flexibility index (Phi) is 3.50. The molecule has 65 valence electrons. The molecule has 0 spiro atoms. The van der Waals surface area contributed by atoms with E-state index in [9.17, 15) is 4.39 Å². The van der Waals surface area contributed by atoms with Crippen LogP contribution in [0.3, 0.4) is 0 Å². The molecule has 0 unspecified atom stereocenters. The summed E-state index contributed by atoms with van der Waals surface area (Å²) in [5.74, 6) is -0.397. The molecule has 1 aromatic carbocycles. The lowest BCUT2D eigenvalue weighted by Gasteiger charge is -2.00. The van der Waals surface area contributed by atoms with Gasteiger partial charge in [0.2, 0.25) is 0 Å². The van der Waals surface area contributed by atoms with Crippen molar-refractivity contribution in [1.82, 2.24) is 0 Å². The van der Waals surface area contributed by atoms with E-state index in [1.807, 2.05) is 6.42 Å². The van der Waals surface area contributed by atoms with Gasteiger partial charge in [-0.15, -0.1) is 0 Å². The Bertz CT molecular complexity index is 263. The Morgan fingerprint density at radius 2 is 2.33 bits per heavy atom. The van der Waals surface area contributed by atoms with Crippen molar-refractivity contribution in [2.75, 3.05) is 13.7 Å². The highest BCUT2D eigenvalue weighted by molar-refractivity contribution is 6.30. The number of methoxy groups -OCH3 is 1. The van der Waals surface area contributed by atoms with Crippen LogP contribution in [-0.4, -0.2) is 13.7 Å². The maximum Gasteiger partial charge on any atom is 0.141 e. The molecule has 3 heteroatoms. The highest BCUT2D eigenvalue weighted by Crippen LogP contribution is 2.16. The summed E-state index contributed by atoms with van der Waals surface area (Å²) >= 11 is 5.56. The van der Waals surface area contributed by atoms with E-state index in [2.05, 4.69) is 0 Å². The molecule has 0 bridgehead atoms. The number of halogens is 2. The van der Waals surface area contributed by atoms with Gasteiger partial charge in [0.15, 0.2) is 0 Å². The lowest BCUT2D eigenvalue weighted by molar-refractivity contribution is 0.225. The van der Waals surface area contributed by atoms with Crippen LogP contribution in [0.15, 0.2) is 18.2 Å². The Morgan fingerprint density at radius 3 is 2.92 bits per heavy atom. The molecule has 0 fully saturated rings. The third-order valence-corrected chi connectivity index (χ3v) is 1.72. The minimum Gasteiger partial charge on any atom is -0.384 e. The maximum absolute atomic E-state index is 12.6. The van der Waals surface area contributed by atoms with Crippen LogP contribution in [0, 0.1) is 12.2 Å². The van der Waals surface area contributed by atoms with E-state index in [0.717, 1.165) is 5.56 Å². The molecule has 1 nitrogen and oxygen atoms in total. The summed E-state index contributed by atoms with van der Waals surface area (Å²) in [4.78, 5) is 0. The third kappa shape index (κ3) is 2.47. The summed E-state index contributed by atoms with van der Waals surface area (Å²) in [5, 5.41) is 0.139. The van der Waals surface area contributed by atoms with Crippen LogP contribution < -0.4 is 0 Å². The summed E-state index contributed by atoms with van der Waals surface area (Å²) in [7, 11) is 1.60. The summed E-state index contributed by atoms with van der Waals surface area (Å²) in [6.07, 6.45) is 1.82. The third-order valence-electron chi connectivity index (χ3n) is 1.43. The summed E-state index contributed by atoms with van der Waals surface area (Å²) in [6, 6.07) is 4.56. The quantitative estimate of drug-likeness (QED) is 0.707. The first-order chi connectivity index (χ1) is 5.74. The first-order valence-corrected chi connectivity index (χ1v) is 3.89. The topological polar surface area (TPSA) is 9.23 Å². The van der Waals surface area contributed by atoms with Crippen LogP contribution in [0.1, 0.15) is 5.56 Å². The molecule has 0 N–H and O–H groups in total. The fourth-order valence-electron chi connectivity index (χ4n) is 0.819. The molecule has 0 heterocycles. The number of hydrogen-bond donors (Lipinski definition) is 0. The minimum absolute atomic E-state index is 0.139. The first kappa shape index (κ1) is 9.49. The zero-order valence-electron chi connectivity index (χ0n) is 6.68. The van der Waals surface area contributed by atoms with Crippen molar-refractivity contribution in [3.8, 4) is 0 Å². The summed E-state index contributed by atoms with van der Waals surface area (Å²) < 4.78 is 17.5. The van der Waals surface area contributed by atoms with Crippen molar-refractivity contribution >= 4 is 11.6 Å². The van der Waals surface area contributed by atoms with Gasteiger partial charge in [-0.2, -0.15) is 0 Å². The first-order valence-electron chi connectivity index (χ1n) is 3.51. The molecule has 0 aromatic heterocycles. The molecule has 1 aromatic rings. The summed E-state index contributed by atoms with van der Waals surface area (Å²) in [5.41, 5.74) is 0.864. The largest absolute Gasteiger partial charge is 0.384 e. The smallest absolute Gasteiger partial charge is 0.141 e. The number of hydrogen-bond acceptors (Lipinski definition) is 1. The van der Waals surface area contributed by atoms with Gasteiger partial charge in [-0.3, -0.25) is 0 Å². The lowest BCUT2D eigenvalue weighted by Crippen LogP contribution is -1.91. The Morgan fingerprint density at radius 1 is 1.58 bits per heavy atom. The van der Waals surface area contributed by atoms with Crippen LogP contribution in [-0.2, 0) is 4.74 Å². The van der Waals surface area contributed by atoms with E-state index < -0.39 is 5.82 Å². The summed E-state index contributed by atoms with van der Waals surface area (Å²) in [6.45, 7) is 0.502. The zero-order valence-corrected chi connectivity index (χ0v) is 7.44. The van der Waals surface area contributed by atoms with Crippen molar-refractivity contribution in [3.05, 3.63) is 41.0 Å². The predicted octanol–water partition coefficient (Wildman–Crippen LogP) is 2.68. The van der Waals surface area contributed by atoms with E-state index in [1.54, 1.807) is 19.2 Å². The number of rotatable bonds is 3. The van der Waals surface area contributed by atoms with Crippen molar-refractivity contribution in [2.24, 2.45) is 0 Å². The molecule has 12 heavy (non-hydrogen) atoms. The van der Waals surface area contributed by atoms with Gasteiger partial charge in [0.1, 0.15) is 5.82 Å². The molecule has 1 rings (SSSR count). The van der Waals surface area contributed by atoms with Gasteiger partial charge in [-0.05, 0) is 17.7 Å².